The van der Waals surface area contributed by atoms with Gasteiger partial charge >= 0.3 is 0 Å². The van der Waals surface area contributed by atoms with Gasteiger partial charge in [0.2, 0.25) is 5.95 Å². The lowest BCUT2D eigenvalue weighted by Crippen LogP contribution is -2.11. The van der Waals surface area contributed by atoms with Crippen molar-refractivity contribution in [2.24, 2.45) is 0 Å². The Kier molecular flexibility index (Phi) is 5.92. The van der Waals surface area contributed by atoms with Gasteiger partial charge in [0.25, 0.3) is 0 Å². The summed E-state index contributed by atoms with van der Waals surface area (Å²) in [5.41, 5.74) is 6.08. The zero-order valence-electron chi connectivity index (χ0n) is 19.3. The molecule has 35 heavy (non-hydrogen) atoms. The minimum absolute atomic E-state index is 0.104. The third-order valence-corrected chi connectivity index (χ3v) is 6.00. The van der Waals surface area contributed by atoms with E-state index in [-0.39, 0.29) is 6.04 Å². The molecule has 0 aliphatic carbocycles. The molecule has 2 N–H and O–H groups in total. The van der Waals surface area contributed by atoms with Crippen molar-refractivity contribution < 1.29 is 5.11 Å². The third kappa shape index (κ3) is 4.33. The molecular weight excluding hydrogens is 438 g/mol. The van der Waals surface area contributed by atoms with Crippen LogP contribution in [0.5, 0.6) is 0 Å². The van der Waals surface area contributed by atoms with Gasteiger partial charge in [-0.05, 0) is 54.3 Å². The SMILES string of the molecule is Cc1cccn2c(-c3nc(N[C@@H](C)c4ccc(C(O)c5ccncc5)cc4)ncc3C#N)cnc12. The van der Waals surface area contributed by atoms with Gasteiger partial charge in [0.05, 0.1) is 29.7 Å². The molecule has 2 atom stereocenters. The molecule has 0 aliphatic rings. The summed E-state index contributed by atoms with van der Waals surface area (Å²) in [6, 6.07) is 17.4. The lowest BCUT2D eigenvalue weighted by atomic mass is 9.99. The van der Waals surface area contributed by atoms with Gasteiger partial charge in [-0.15, -0.1) is 0 Å². The summed E-state index contributed by atoms with van der Waals surface area (Å²) in [5.74, 6) is 0.412. The van der Waals surface area contributed by atoms with Gasteiger partial charge in [-0.1, -0.05) is 30.3 Å². The van der Waals surface area contributed by atoms with E-state index >= 15 is 0 Å². The lowest BCUT2D eigenvalue weighted by molar-refractivity contribution is 0.220. The fourth-order valence-electron chi connectivity index (χ4n) is 4.04. The van der Waals surface area contributed by atoms with Crippen molar-refractivity contribution in [2.75, 3.05) is 5.32 Å². The number of benzene rings is 1. The molecule has 172 valence electrons. The van der Waals surface area contributed by atoms with E-state index in [9.17, 15) is 10.4 Å². The first-order valence-corrected chi connectivity index (χ1v) is 11.2. The number of nitrogens with one attached hydrogen (secondary N) is 1. The Morgan fingerprint density at radius 1 is 0.971 bits per heavy atom. The van der Waals surface area contributed by atoms with Crippen molar-refractivity contribution >= 4 is 11.6 Å². The summed E-state index contributed by atoms with van der Waals surface area (Å²) in [7, 11) is 0. The van der Waals surface area contributed by atoms with Crippen molar-refractivity contribution in [2.45, 2.75) is 26.0 Å². The van der Waals surface area contributed by atoms with Crippen LogP contribution in [-0.2, 0) is 0 Å². The van der Waals surface area contributed by atoms with Gasteiger partial charge in [-0.25, -0.2) is 15.0 Å². The van der Waals surface area contributed by atoms with E-state index in [1.54, 1.807) is 30.7 Å². The standard InChI is InChI=1S/C27H23N7O/c1-17-4-3-13-34-23(16-30-26(17)34)24-22(14-28)15-31-27(33-24)32-18(2)19-5-7-20(8-6-19)25(35)21-9-11-29-12-10-21/h3-13,15-16,18,25,35H,1-2H3,(H,31,32,33)/t18-,25?/m0/s1. The van der Waals surface area contributed by atoms with E-state index in [0.717, 1.165) is 33.6 Å². The highest BCUT2D eigenvalue weighted by atomic mass is 16.3. The molecule has 0 saturated carbocycles. The van der Waals surface area contributed by atoms with Crippen LogP contribution in [0, 0.1) is 18.3 Å². The van der Waals surface area contributed by atoms with Crippen LogP contribution in [0.1, 0.15) is 46.9 Å². The fraction of sp³-hybridized carbons (Fsp3) is 0.148. The number of anilines is 1. The van der Waals surface area contributed by atoms with Crippen LogP contribution in [-0.4, -0.2) is 29.4 Å². The summed E-state index contributed by atoms with van der Waals surface area (Å²) >= 11 is 0. The van der Waals surface area contributed by atoms with Gasteiger partial charge in [-0.2, -0.15) is 5.26 Å². The Hall–Kier alpha value is -4.61. The molecule has 5 rings (SSSR count). The minimum Gasteiger partial charge on any atom is -0.384 e. The zero-order chi connectivity index (χ0) is 24.4. The molecule has 0 fully saturated rings. The van der Waals surface area contributed by atoms with E-state index in [2.05, 4.69) is 31.3 Å². The first-order valence-electron chi connectivity index (χ1n) is 11.2. The van der Waals surface area contributed by atoms with E-state index < -0.39 is 6.10 Å². The third-order valence-electron chi connectivity index (χ3n) is 6.00. The van der Waals surface area contributed by atoms with Crippen molar-refractivity contribution in [1.82, 2.24) is 24.3 Å². The summed E-state index contributed by atoms with van der Waals surface area (Å²) in [6.07, 6.45) is 7.78. The number of pyridine rings is 2. The number of fused-ring (bicyclic) bond motifs is 1. The average Bonchev–Trinajstić information content (AvgIpc) is 3.34. The highest BCUT2D eigenvalue weighted by molar-refractivity contribution is 5.68. The average molecular weight is 462 g/mol. The van der Waals surface area contributed by atoms with E-state index in [1.807, 2.05) is 60.8 Å². The number of rotatable bonds is 6. The number of imidazole rings is 1. The Labute approximate surface area is 202 Å². The van der Waals surface area contributed by atoms with E-state index in [4.69, 9.17) is 0 Å². The molecule has 1 aromatic carbocycles. The number of nitriles is 1. The molecule has 8 heteroatoms. The zero-order valence-corrected chi connectivity index (χ0v) is 19.3. The Bertz CT molecular complexity index is 1520. The van der Waals surface area contributed by atoms with Crippen LogP contribution in [0.25, 0.3) is 17.0 Å². The summed E-state index contributed by atoms with van der Waals surface area (Å²) in [5, 5.41) is 23.6. The highest BCUT2D eigenvalue weighted by Gasteiger charge is 2.17. The quantitative estimate of drug-likeness (QED) is 0.379. The molecule has 0 saturated heterocycles. The highest BCUT2D eigenvalue weighted by Crippen LogP contribution is 2.27. The van der Waals surface area contributed by atoms with Crippen LogP contribution in [0.4, 0.5) is 5.95 Å². The Balaban J connectivity index is 1.39. The lowest BCUT2D eigenvalue weighted by Gasteiger charge is -2.17. The van der Waals surface area contributed by atoms with Crippen LogP contribution < -0.4 is 5.32 Å². The molecule has 0 aliphatic heterocycles. The molecular formula is C27H23N7O. The summed E-state index contributed by atoms with van der Waals surface area (Å²) < 4.78 is 1.93. The monoisotopic (exact) mass is 461 g/mol. The Morgan fingerprint density at radius 2 is 1.69 bits per heavy atom. The second kappa shape index (κ2) is 9.33. The van der Waals surface area contributed by atoms with Crippen LogP contribution in [0.2, 0.25) is 0 Å². The molecule has 0 bridgehead atoms. The molecule has 0 radical (unpaired) electrons. The number of hydrogen-bond donors (Lipinski definition) is 2. The predicted molar refractivity (Wildman–Crippen MR) is 132 cm³/mol. The second-order valence-electron chi connectivity index (χ2n) is 8.31. The van der Waals surface area contributed by atoms with Gasteiger partial charge in [0.15, 0.2) is 0 Å². The first-order chi connectivity index (χ1) is 17.0. The van der Waals surface area contributed by atoms with Crippen LogP contribution >= 0.6 is 0 Å². The van der Waals surface area contributed by atoms with Crippen molar-refractivity contribution in [3.8, 4) is 17.5 Å². The maximum Gasteiger partial charge on any atom is 0.223 e. The van der Waals surface area contributed by atoms with Crippen molar-refractivity contribution in [1.29, 1.82) is 5.26 Å². The van der Waals surface area contributed by atoms with Gasteiger partial charge in [0.1, 0.15) is 23.5 Å². The number of nitrogens with zero attached hydrogens (tertiary/aromatic N) is 6. The number of hydrogen-bond acceptors (Lipinski definition) is 7. The fourth-order valence-corrected chi connectivity index (χ4v) is 4.04. The number of aliphatic hydroxyl groups is 1. The van der Waals surface area contributed by atoms with Gasteiger partial charge in [0, 0.05) is 18.6 Å². The smallest absolute Gasteiger partial charge is 0.223 e. The van der Waals surface area contributed by atoms with E-state index in [1.165, 1.54) is 6.20 Å². The maximum absolute atomic E-state index is 10.6. The first kappa shape index (κ1) is 22.2. The molecule has 8 nitrogen and oxygen atoms in total. The summed E-state index contributed by atoms with van der Waals surface area (Å²) in [6.45, 7) is 4.00. The van der Waals surface area contributed by atoms with Crippen molar-refractivity contribution in [3.05, 3.63) is 107 Å². The normalized spacial score (nSPS) is 12.7. The van der Waals surface area contributed by atoms with Gasteiger partial charge in [-0.3, -0.25) is 9.38 Å². The van der Waals surface area contributed by atoms with Gasteiger partial charge < -0.3 is 10.4 Å². The Morgan fingerprint density at radius 3 is 2.43 bits per heavy atom. The molecule has 1 unspecified atom stereocenters. The second-order valence-corrected chi connectivity index (χ2v) is 8.31. The largest absolute Gasteiger partial charge is 0.384 e. The number of aryl methyl sites for hydroxylation is 1. The molecule has 5 aromatic rings. The maximum atomic E-state index is 10.6. The topological polar surface area (TPSA) is 112 Å². The van der Waals surface area contributed by atoms with Crippen LogP contribution in [0.3, 0.4) is 0 Å². The van der Waals surface area contributed by atoms with Crippen LogP contribution in [0.15, 0.2) is 79.5 Å². The molecule has 4 heterocycles. The number of aliphatic hydroxyl groups excluding tert-OH is 1. The number of aromatic nitrogens is 5. The van der Waals surface area contributed by atoms with Crippen molar-refractivity contribution in [3.63, 3.8) is 0 Å². The molecule has 4 aromatic heterocycles. The summed E-state index contributed by atoms with van der Waals surface area (Å²) in [4.78, 5) is 17.5. The predicted octanol–water partition coefficient (Wildman–Crippen LogP) is 4.62. The van der Waals surface area contributed by atoms with E-state index in [0.29, 0.717) is 17.2 Å². The minimum atomic E-state index is -0.714. The molecule has 0 spiro atoms. The molecule has 0 amide bonds.